The fraction of sp³-hybridized carbons (Fsp3) is 0.778. The Morgan fingerprint density at radius 2 is 2.10 bits per heavy atom. The van der Waals surface area contributed by atoms with Crippen LogP contribution in [0.5, 0.6) is 0 Å². The largest absolute Gasteiger partial charge is 0.327 e. The van der Waals surface area contributed by atoms with Gasteiger partial charge in [-0.25, -0.2) is 0 Å². The molecule has 0 bridgehead atoms. The van der Waals surface area contributed by atoms with Crippen molar-refractivity contribution in [3.63, 3.8) is 0 Å². The standard InChI is InChI=1S/C9H19N/c1-4-5-9(10)7-6-8(2)3/h6,9H,4-5,7,10H2,1-3H3. The lowest BCUT2D eigenvalue weighted by molar-refractivity contribution is 0.609. The molecule has 0 aliphatic rings. The van der Waals surface area contributed by atoms with Gasteiger partial charge in [-0.05, 0) is 26.7 Å². The van der Waals surface area contributed by atoms with Gasteiger partial charge in [-0.3, -0.25) is 0 Å². The highest BCUT2D eigenvalue weighted by Crippen LogP contribution is 2.01. The van der Waals surface area contributed by atoms with Crippen molar-refractivity contribution >= 4 is 0 Å². The van der Waals surface area contributed by atoms with Crippen molar-refractivity contribution < 1.29 is 0 Å². The van der Waals surface area contributed by atoms with Gasteiger partial charge in [0.25, 0.3) is 0 Å². The summed E-state index contributed by atoms with van der Waals surface area (Å²) in [6, 6.07) is 0.375. The molecule has 0 aliphatic heterocycles. The topological polar surface area (TPSA) is 26.0 Å². The van der Waals surface area contributed by atoms with Crippen LogP contribution in [0, 0.1) is 0 Å². The molecule has 0 spiro atoms. The molecule has 0 radical (unpaired) electrons. The van der Waals surface area contributed by atoms with E-state index in [1.165, 1.54) is 12.0 Å². The molecule has 0 aliphatic carbocycles. The van der Waals surface area contributed by atoms with Crippen LogP contribution in [-0.4, -0.2) is 6.04 Å². The predicted octanol–water partition coefficient (Wildman–Crippen LogP) is 2.47. The maximum absolute atomic E-state index is 5.79. The molecule has 1 heteroatoms. The molecule has 1 unspecified atom stereocenters. The highest BCUT2D eigenvalue weighted by atomic mass is 14.6. The maximum atomic E-state index is 5.79. The van der Waals surface area contributed by atoms with Crippen LogP contribution in [0.1, 0.15) is 40.0 Å². The quantitative estimate of drug-likeness (QED) is 0.598. The summed E-state index contributed by atoms with van der Waals surface area (Å²) in [5.41, 5.74) is 7.16. The van der Waals surface area contributed by atoms with E-state index in [1.54, 1.807) is 0 Å². The first-order valence-corrected chi connectivity index (χ1v) is 4.05. The Hall–Kier alpha value is -0.300. The molecule has 0 heterocycles. The van der Waals surface area contributed by atoms with Gasteiger partial charge in [0.1, 0.15) is 0 Å². The van der Waals surface area contributed by atoms with E-state index in [-0.39, 0.29) is 0 Å². The Kier molecular flexibility index (Phi) is 5.32. The van der Waals surface area contributed by atoms with Crippen LogP contribution in [0.15, 0.2) is 11.6 Å². The van der Waals surface area contributed by atoms with E-state index in [0.29, 0.717) is 6.04 Å². The smallest absolute Gasteiger partial charge is 0.00734 e. The first kappa shape index (κ1) is 9.70. The number of rotatable bonds is 4. The maximum Gasteiger partial charge on any atom is 0.00734 e. The van der Waals surface area contributed by atoms with E-state index in [1.807, 2.05) is 0 Å². The van der Waals surface area contributed by atoms with E-state index in [0.717, 1.165) is 12.8 Å². The average molecular weight is 141 g/mol. The molecule has 10 heavy (non-hydrogen) atoms. The first-order valence-electron chi connectivity index (χ1n) is 4.05. The van der Waals surface area contributed by atoms with Crippen molar-refractivity contribution in [1.29, 1.82) is 0 Å². The Morgan fingerprint density at radius 3 is 2.50 bits per heavy atom. The second-order valence-electron chi connectivity index (χ2n) is 3.07. The molecule has 1 nitrogen and oxygen atoms in total. The van der Waals surface area contributed by atoms with E-state index in [4.69, 9.17) is 5.73 Å². The second kappa shape index (κ2) is 5.48. The summed E-state index contributed by atoms with van der Waals surface area (Å²) < 4.78 is 0. The van der Waals surface area contributed by atoms with Crippen molar-refractivity contribution in [2.45, 2.75) is 46.1 Å². The molecule has 0 fully saturated rings. The minimum absolute atomic E-state index is 0.375. The molecule has 60 valence electrons. The molecule has 1 atom stereocenters. The zero-order valence-electron chi connectivity index (χ0n) is 7.35. The fourth-order valence-corrected chi connectivity index (χ4v) is 0.876. The van der Waals surface area contributed by atoms with Crippen LogP contribution in [-0.2, 0) is 0 Å². The summed E-state index contributed by atoms with van der Waals surface area (Å²) in [5.74, 6) is 0. The van der Waals surface area contributed by atoms with Gasteiger partial charge in [0, 0.05) is 6.04 Å². The summed E-state index contributed by atoms with van der Waals surface area (Å²) in [4.78, 5) is 0. The van der Waals surface area contributed by atoms with Crippen molar-refractivity contribution in [2.24, 2.45) is 5.73 Å². The van der Waals surface area contributed by atoms with Gasteiger partial charge in [-0.1, -0.05) is 25.0 Å². The SMILES string of the molecule is CCCC(N)CC=C(C)C. The van der Waals surface area contributed by atoms with Crippen LogP contribution in [0.4, 0.5) is 0 Å². The highest BCUT2D eigenvalue weighted by molar-refractivity contribution is 4.94. The second-order valence-corrected chi connectivity index (χ2v) is 3.07. The monoisotopic (exact) mass is 141 g/mol. The van der Waals surface area contributed by atoms with Gasteiger partial charge >= 0.3 is 0 Å². The Labute approximate surface area is 64.3 Å². The minimum atomic E-state index is 0.375. The summed E-state index contributed by atoms with van der Waals surface area (Å²) in [5, 5.41) is 0. The number of hydrogen-bond acceptors (Lipinski definition) is 1. The molecule has 0 rings (SSSR count). The van der Waals surface area contributed by atoms with Crippen molar-refractivity contribution in [1.82, 2.24) is 0 Å². The molecular weight excluding hydrogens is 122 g/mol. The van der Waals surface area contributed by atoms with E-state index in [2.05, 4.69) is 26.8 Å². The van der Waals surface area contributed by atoms with Crippen LogP contribution >= 0.6 is 0 Å². The third-order valence-corrected chi connectivity index (χ3v) is 1.49. The Morgan fingerprint density at radius 1 is 1.50 bits per heavy atom. The zero-order valence-corrected chi connectivity index (χ0v) is 7.35. The van der Waals surface area contributed by atoms with E-state index in [9.17, 15) is 0 Å². The Balaban J connectivity index is 3.38. The fourth-order valence-electron chi connectivity index (χ4n) is 0.876. The van der Waals surface area contributed by atoms with Gasteiger partial charge in [0.05, 0.1) is 0 Å². The summed E-state index contributed by atoms with van der Waals surface area (Å²) in [6.45, 7) is 6.39. The lowest BCUT2D eigenvalue weighted by Crippen LogP contribution is -2.18. The van der Waals surface area contributed by atoms with Gasteiger partial charge in [0.2, 0.25) is 0 Å². The van der Waals surface area contributed by atoms with Gasteiger partial charge in [-0.15, -0.1) is 0 Å². The number of nitrogens with two attached hydrogens (primary N) is 1. The number of hydrogen-bond donors (Lipinski definition) is 1. The third-order valence-electron chi connectivity index (χ3n) is 1.49. The molecular formula is C9H19N. The molecule has 0 aromatic heterocycles. The van der Waals surface area contributed by atoms with Gasteiger partial charge in [0.15, 0.2) is 0 Å². The molecule has 2 N–H and O–H groups in total. The number of allylic oxidation sites excluding steroid dienone is 1. The lowest BCUT2D eigenvalue weighted by Gasteiger charge is -2.05. The lowest BCUT2D eigenvalue weighted by atomic mass is 10.1. The summed E-state index contributed by atoms with van der Waals surface area (Å²) >= 11 is 0. The normalized spacial score (nSPS) is 12.8. The van der Waals surface area contributed by atoms with E-state index >= 15 is 0 Å². The predicted molar refractivity (Wildman–Crippen MR) is 46.9 cm³/mol. The van der Waals surface area contributed by atoms with Gasteiger partial charge in [-0.2, -0.15) is 0 Å². The Bertz CT molecular complexity index is 101. The minimum Gasteiger partial charge on any atom is -0.327 e. The van der Waals surface area contributed by atoms with Gasteiger partial charge < -0.3 is 5.73 Å². The van der Waals surface area contributed by atoms with Crippen molar-refractivity contribution in [2.75, 3.05) is 0 Å². The van der Waals surface area contributed by atoms with Crippen LogP contribution < -0.4 is 5.73 Å². The first-order chi connectivity index (χ1) is 4.66. The molecule has 0 saturated carbocycles. The third kappa shape index (κ3) is 5.83. The highest BCUT2D eigenvalue weighted by Gasteiger charge is 1.96. The van der Waals surface area contributed by atoms with Crippen LogP contribution in [0.2, 0.25) is 0 Å². The molecule has 0 amide bonds. The molecule has 0 aromatic carbocycles. The van der Waals surface area contributed by atoms with Crippen molar-refractivity contribution in [3.8, 4) is 0 Å². The van der Waals surface area contributed by atoms with Crippen LogP contribution in [0.3, 0.4) is 0 Å². The van der Waals surface area contributed by atoms with E-state index < -0.39 is 0 Å². The zero-order chi connectivity index (χ0) is 7.98. The van der Waals surface area contributed by atoms with Crippen LogP contribution in [0.25, 0.3) is 0 Å². The summed E-state index contributed by atoms with van der Waals surface area (Å²) in [6.07, 6.45) is 5.58. The average Bonchev–Trinajstić information content (AvgIpc) is 1.85. The molecule has 0 saturated heterocycles. The summed E-state index contributed by atoms with van der Waals surface area (Å²) in [7, 11) is 0. The molecule has 0 aromatic rings. The van der Waals surface area contributed by atoms with Crippen molar-refractivity contribution in [3.05, 3.63) is 11.6 Å².